The van der Waals surface area contributed by atoms with E-state index in [9.17, 15) is 18.0 Å². The molecule has 8 rings (SSSR count). The number of amides is 2. The predicted molar refractivity (Wildman–Crippen MR) is 162 cm³/mol. The van der Waals surface area contributed by atoms with Gasteiger partial charge in [0.2, 0.25) is 23.7 Å². The molecule has 2 amide bonds. The lowest BCUT2D eigenvalue weighted by molar-refractivity contribution is -0.118. The molecular weight excluding hydrogens is 600 g/mol. The summed E-state index contributed by atoms with van der Waals surface area (Å²) in [5.74, 6) is 0.665. The normalized spacial score (nSPS) is 14.7. The quantitative estimate of drug-likeness (QED) is 0.225. The molecule has 6 heterocycles. The second-order valence-corrected chi connectivity index (χ2v) is 12.9. The number of hydrogen-bond donors (Lipinski definition) is 3. The number of pyridine rings is 2. The van der Waals surface area contributed by atoms with Crippen LogP contribution in [0.1, 0.15) is 32.6 Å². The van der Waals surface area contributed by atoms with E-state index >= 15 is 0 Å². The fraction of sp³-hybridized carbons (Fsp3) is 0.286. The summed E-state index contributed by atoms with van der Waals surface area (Å²) < 4.78 is 28.1. The van der Waals surface area contributed by atoms with Crippen molar-refractivity contribution < 1.29 is 18.0 Å². The second-order valence-electron chi connectivity index (χ2n) is 10.7. The van der Waals surface area contributed by atoms with E-state index in [2.05, 4.69) is 46.1 Å². The van der Waals surface area contributed by atoms with E-state index in [0.717, 1.165) is 41.0 Å². The fourth-order valence-electron chi connectivity index (χ4n) is 4.58. The van der Waals surface area contributed by atoms with Crippen molar-refractivity contribution in [2.45, 2.75) is 32.6 Å². The Morgan fingerprint density at radius 3 is 1.89 bits per heavy atom. The molecule has 0 unspecified atom stereocenters. The van der Waals surface area contributed by atoms with Crippen molar-refractivity contribution in [2.24, 2.45) is 11.8 Å². The van der Waals surface area contributed by atoms with Crippen molar-refractivity contribution in [3.05, 3.63) is 61.2 Å². The average molecular weight is 629 g/mol. The monoisotopic (exact) mass is 628 g/mol. The van der Waals surface area contributed by atoms with Crippen LogP contribution in [-0.2, 0) is 19.6 Å². The van der Waals surface area contributed by atoms with Crippen LogP contribution in [0, 0.1) is 11.8 Å². The summed E-state index contributed by atoms with van der Waals surface area (Å²) in [4.78, 5) is 32.2. The van der Waals surface area contributed by atoms with E-state index in [-0.39, 0.29) is 35.4 Å². The standard InChI is InChI=1S/C15H16N6O3S.C13H12N6O/c1-2-25(23,24)20-9-11(8-16-20)12-4-3-5-13-17-15(19-21(12)13)18-14(22)10-6-7-10;20-12(8-4-5-8)17-13-16-11-3-1-2-10(19(11)18-13)9-6-14-15-7-9/h3-5,8-10H,2,6-7H2,1H3,(H,18,19,22);1-3,6-8H,4-5H2,(H,14,15)(H,17,18,20). The fourth-order valence-corrected chi connectivity index (χ4v) is 5.31. The Balaban J connectivity index is 0.000000148. The summed E-state index contributed by atoms with van der Waals surface area (Å²) in [7, 11) is -3.45. The maximum absolute atomic E-state index is 11.9. The molecule has 0 aromatic carbocycles. The molecule has 230 valence electrons. The molecule has 3 N–H and O–H groups in total. The summed E-state index contributed by atoms with van der Waals surface area (Å²) in [6.45, 7) is 1.56. The van der Waals surface area contributed by atoms with E-state index in [1.54, 1.807) is 46.5 Å². The molecule has 0 spiro atoms. The first-order valence-corrected chi connectivity index (χ1v) is 16.0. The van der Waals surface area contributed by atoms with Crippen molar-refractivity contribution in [3.63, 3.8) is 0 Å². The predicted octanol–water partition coefficient (Wildman–Crippen LogP) is 2.61. The zero-order valence-electron chi connectivity index (χ0n) is 24.0. The molecular formula is C28H28N12O4S. The number of aromatic amines is 1. The van der Waals surface area contributed by atoms with Gasteiger partial charge in [-0.25, -0.2) is 17.4 Å². The van der Waals surface area contributed by atoms with Gasteiger partial charge < -0.3 is 0 Å². The lowest BCUT2D eigenvalue weighted by Gasteiger charge is -2.01. The molecule has 45 heavy (non-hydrogen) atoms. The van der Waals surface area contributed by atoms with E-state index in [4.69, 9.17) is 0 Å². The van der Waals surface area contributed by atoms with Gasteiger partial charge in [-0.1, -0.05) is 12.1 Å². The summed E-state index contributed by atoms with van der Waals surface area (Å²) in [5, 5.41) is 24.8. The third kappa shape index (κ3) is 5.88. The van der Waals surface area contributed by atoms with Crippen LogP contribution in [0.3, 0.4) is 0 Å². The van der Waals surface area contributed by atoms with Crippen LogP contribution in [0.5, 0.6) is 0 Å². The van der Waals surface area contributed by atoms with E-state index in [1.165, 1.54) is 12.4 Å². The summed E-state index contributed by atoms with van der Waals surface area (Å²) in [6.07, 6.45) is 10.1. The Morgan fingerprint density at radius 2 is 1.40 bits per heavy atom. The minimum Gasteiger partial charge on any atom is -0.293 e. The molecule has 0 radical (unpaired) electrons. The number of nitrogens with zero attached hydrogens (tertiary/aromatic N) is 9. The number of H-pyrrole nitrogens is 1. The highest BCUT2D eigenvalue weighted by atomic mass is 32.2. The molecule has 0 bridgehead atoms. The van der Waals surface area contributed by atoms with Crippen LogP contribution in [0.25, 0.3) is 33.8 Å². The third-order valence-electron chi connectivity index (χ3n) is 7.39. The molecule has 6 aromatic rings. The van der Waals surface area contributed by atoms with E-state index in [1.807, 2.05) is 18.2 Å². The van der Waals surface area contributed by atoms with E-state index in [0.29, 0.717) is 28.5 Å². The first-order valence-electron chi connectivity index (χ1n) is 14.4. The van der Waals surface area contributed by atoms with Gasteiger partial charge in [-0.15, -0.1) is 10.2 Å². The maximum atomic E-state index is 11.9. The van der Waals surface area contributed by atoms with Gasteiger partial charge in [-0.05, 0) is 56.9 Å². The molecule has 6 aromatic heterocycles. The summed E-state index contributed by atoms with van der Waals surface area (Å²) in [6, 6.07) is 11.0. The second kappa shape index (κ2) is 11.2. The number of fused-ring (bicyclic) bond motifs is 2. The zero-order chi connectivity index (χ0) is 31.1. The topological polar surface area (TPSA) is 199 Å². The molecule has 2 saturated carbocycles. The van der Waals surface area contributed by atoms with Crippen molar-refractivity contribution in [1.29, 1.82) is 0 Å². The van der Waals surface area contributed by atoms with Crippen LogP contribution in [0.4, 0.5) is 11.9 Å². The molecule has 0 atom stereocenters. The first-order chi connectivity index (χ1) is 21.8. The van der Waals surface area contributed by atoms with Gasteiger partial charge in [-0.2, -0.15) is 24.3 Å². The first kappa shape index (κ1) is 28.3. The number of carbonyl (C=O) groups is 2. The number of aromatic nitrogens is 10. The molecule has 16 nitrogen and oxygen atoms in total. The highest BCUT2D eigenvalue weighted by Crippen LogP contribution is 2.31. The van der Waals surface area contributed by atoms with Gasteiger partial charge in [0.15, 0.2) is 11.3 Å². The van der Waals surface area contributed by atoms with Crippen molar-refractivity contribution in [2.75, 3.05) is 16.4 Å². The third-order valence-corrected chi connectivity index (χ3v) is 8.88. The molecule has 17 heteroatoms. The Labute approximate surface area is 255 Å². The number of carbonyl (C=O) groups excluding carboxylic acids is 2. The van der Waals surface area contributed by atoms with Crippen LogP contribution in [-0.4, -0.2) is 74.6 Å². The van der Waals surface area contributed by atoms with Gasteiger partial charge in [0.05, 0.1) is 35.7 Å². The van der Waals surface area contributed by atoms with Crippen molar-refractivity contribution >= 4 is 45.0 Å². The van der Waals surface area contributed by atoms with E-state index < -0.39 is 10.0 Å². The van der Waals surface area contributed by atoms with Gasteiger partial charge in [0.1, 0.15) is 0 Å². The highest BCUT2D eigenvalue weighted by Gasteiger charge is 2.31. The minimum atomic E-state index is -3.45. The lowest BCUT2D eigenvalue weighted by atomic mass is 10.2. The van der Waals surface area contributed by atoms with Crippen molar-refractivity contribution in [3.8, 4) is 22.5 Å². The van der Waals surface area contributed by atoms with Gasteiger partial charge >= 0.3 is 0 Å². The van der Waals surface area contributed by atoms with Crippen LogP contribution in [0.2, 0.25) is 0 Å². The Hall–Kier alpha value is -5.45. The average Bonchev–Trinajstić information content (AvgIpc) is 3.83. The molecule has 0 saturated heterocycles. The number of rotatable bonds is 8. The Morgan fingerprint density at radius 1 is 0.844 bits per heavy atom. The largest absolute Gasteiger partial charge is 0.293 e. The summed E-state index contributed by atoms with van der Waals surface area (Å²) >= 11 is 0. The maximum Gasteiger partial charge on any atom is 0.253 e. The van der Waals surface area contributed by atoms with Crippen LogP contribution < -0.4 is 10.6 Å². The van der Waals surface area contributed by atoms with Crippen molar-refractivity contribution in [1.82, 2.24) is 48.6 Å². The lowest BCUT2D eigenvalue weighted by Crippen LogP contribution is -2.14. The number of hydrogen-bond acceptors (Lipinski definition) is 10. The SMILES string of the molecule is CCS(=O)(=O)n1cc(-c2cccc3nc(NC(=O)C4CC4)nn23)cn1.O=C(Nc1nc2cccc(-c3cn[nH]c3)n2n1)C1CC1. The number of nitrogens with one attached hydrogen (secondary N) is 3. The number of anilines is 2. The molecule has 2 aliphatic rings. The smallest absolute Gasteiger partial charge is 0.253 e. The zero-order valence-corrected chi connectivity index (χ0v) is 24.8. The van der Waals surface area contributed by atoms with Gasteiger partial charge in [-0.3, -0.25) is 25.3 Å². The Bertz CT molecular complexity index is 2140. The highest BCUT2D eigenvalue weighted by molar-refractivity contribution is 7.89. The molecule has 0 aliphatic heterocycles. The van der Waals surface area contributed by atoms with Gasteiger partial charge in [0, 0.05) is 29.2 Å². The molecule has 2 fully saturated rings. The van der Waals surface area contributed by atoms with Gasteiger partial charge in [0.25, 0.3) is 10.0 Å². The summed E-state index contributed by atoms with van der Waals surface area (Å²) in [5.41, 5.74) is 4.25. The van der Waals surface area contributed by atoms with Crippen LogP contribution in [0.15, 0.2) is 61.2 Å². The molecule has 2 aliphatic carbocycles. The van der Waals surface area contributed by atoms with Crippen LogP contribution >= 0.6 is 0 Å². The Kier molecular flexibility index (Phi) is 7.07. The minimum absolute atomic E-state index is 0.00534.